The van der Waals surface area contributed by atoms with Crippen LogP contribution in [-0.4, -0.2) is 27.5 Å². The Balaban J connectivity index is 2.68. The topological polar surface area (TPSA) is 79.3 Å². The summed E-state index contributed by atoms with van der Waals surface area (Å²) in [4.78, 5) is 26.3. The van der Waals surface area contributed by atoms with Gasteiger partial charge in [0.05, 0.1) is 5.69 Å². The normalized spacial score (nSPS) is 11.5. The largest absolute Gasteiger partial charge is 0.480 e. The second-order valence-corrected chi connectivity index (χ2v) is 4.53. The van der Waals surface area contributed by atoms with Crippen LogP contribution >= 0.6 is 11.6 Å². The minimum atomic E-state index is -1.32. The van der Waals surface area contributed by atoms with Gasteiger partial charge in [-0.05, 0) is 32.1 Å². The zero-order valence-corrected chi connectivity index (χ0v) is 10.7. The standard InChI is InChI=1S/C12H13ClN2O3/c1-12(2,11(17)18)15-10(16)7-6-8-4-3-5-9(13)14-8/h3-7H,1-2H3,(H,15,16)(H,17,18)/b7-6+. The van der Waals surface area contributed by atoms with Crippen LogP contribution in [0.1, 0.15) is 19.5 Å². The molecule has 1 rings (SSSR count). The van der Waals surface area contributed by atoms with Crippen molar-refractivity contribution in [2.45, 2.75) is 19.4 Å². The van der Waals surface area contributed by atoms with Crippen molar-refractivity contribution in [2.75, 3.05) is 0 Å². The molecule has 1 heterocycles. The SMILES string of the molecule is CC(C)(NC(=O)/C=C/c1cccc(Cl)n1)C(=O)O. The molecular formula is C12H13ClN2O3. The van der Waals surface area contributed by atoms with E-state index in [1.165, 1.54) is 26.0 Å². The predicted molar refractivity (Wildman–Crippen MR) is 68.1 cm³/mol. The number of carboxylic acid groups (broad SMARTS) is 1. The van der Waals surface area contributed by atoms with Crippen molar-refractivity contribution in [1.82, 2.24) is 10.3 Å². The Hall–Kier alpha value is -1.88. The van der Waals surface area contributed by atoms with Crippen LogP contribution in [0.5, 0.6) is 0 Å². The fourth-order valence-corrected chi connectivity index (χ4v) is 1.25. The summed E-state index contributed by atoms with van der Waals surface area (Å²) in [5.41, 5.74) is -0.797. The van der Waals surface area contributed by atoms with E-state index in [0.717, 1.165) is 0 Å². The molecule has 1 aromatic heterocycles. The summed E-state index contributed by atoms with van der Waals surface area (Å²) in [6.07, 6.45) is 2.67. The fraction of sp³-hybridized carbons (Fsp3) is 0.250. The predicted octanol–water partition coefficient (Wildman–Crippen LogP) is 1.73. The van der Waals surface area contributed by atoms with Gasteiger partial charge in [-0.3, -0.25) is 4.79 Å². The molecule has 2 N–H and O–H groups in total. The molecule has 18 heavy (non-hydrogen) atoms. The molecule has 0 bridgehead atoms. The van der Waals surface area contributed by atoms with Gasteiger partial charge in [0.2, 0.25) is 5.91 Å². The first-order valence-electron chi connectivity index (χ1n) is 5.17. The number of aliphatic carboxylic acids is 1. The molecule has 0 aliphatic heterocycles. The maximum absolute atomic E-state index is 11.5. The molecule has 1 amide bonds. The highest BCUT2D eigenvalue weighted by Gasteiger charge is 2.27. The lowest BCUT2D eigenvalue weighted by atomic mass is 10.1. The van der Waals surface area contributed by atoms with E-state index in [1.807, 2.05) is 0 Å². The number of halogens is 1. The molecule has 96 valence electrons. The molecule has 0 aliphatic carbocycles. The molecule has 0 radical (unpaired) electrons. The van der Waals surface area contributed by atoms with Gasteiger partial charge in [0, 0.05) is 6.08 Å². The number of amides is 1. The van der Waals surface area contributed by atoms with Crippen LogP contribution in [0.3, 0.4) is 0 Å². The van der Waals surface area contributed by atoms with E-state index in [4.69, 9.17) is 16.7 Å². The molecule has 0 unspecified atom stereocenters. The van der Waals surface area contributed by atoms with Gasteiger partial charge < -0.3 is 10.4 Å². The van der Waals surface area contributed by atoms with Crippen LogP contribution in [0.2, 0.25) is 5.15 Å². The van der Waals surface area contributed by atoms with Crippen molar-refractivity contribution >= 4 is 29.6 Å². The third-order valence-electron chi connectivity index (χ3n) is 2.11. The van der Waals surface area contributed by atoms with Crippen molar-refractivity contribution in [2.24, 2.45) is 0 Å². The van der Waals surface area contributed by atoms with E-state index in [1.54, 1.807) is 18.2 Å². The maximum atomic E-state index is 11.5. The minimum Gasteiger partial charge on any atom is -0.480 e. The summed E-state index contributed by atoms with van der Waals surface area (Å²) in [6.45, 7) is 2.80. The van der Waals surface area contributed by atoms with E-state index < -0.39 is 17.4 Å². The van der Waals surface area contributed by atoms with Crippen LogP contribution in [-0.2, 0) is 9.59 Å². The molecule has 0 saturated carbocycles. The first kappa shape index (κ1) is 14.2. The number of carbonyl (C=O) groups is 2. The Bertz CT molecular complexity index is 498. The second kappa shape index (κ2) is 5.64. The summed E-state index contributed by atoms with van der Waals surface area (Å²) in [6, 6.07) is 5.00. The third-order valence-corrected chi connectivity index (χ3v) is 2.32. The van der Waals surface area contributed by atoms with Crippen LogP contribution in [0.15, 0.2) is 24.3 Å². The van der Waals surface area contributed by atoms with Gasteiger partial charge in [-0.1, -0.05) is 17.7 Å². The van der Waals surface area contributed by atoms with Gasteiger partial charge in [-0.25, -0.2) is 9.78 Å². The molecule has 0 fully saturated rings. The number of hydrogen-bond donors (Lipinski definition) is 2. The zero-order chi connectivity index (χ0) is 13.8. The van der Waals surface area contributed by atoms with Crippen LogP contribution in [0, 0.1) is 0 Å². The Morgan fingerprint density at radius 2 is 2.11 bits per heavy atom. The number of nitrogens with one attached hydrogen (secondary N) is 1. The first-order valence-corrected chi connectivity index (χ1v) is 5.55. The Labute approximate surface area is 109 Å². The van der Waals surface area contributed by atoms with Crippen molar-refractivity contribution in [3.8, 4) is 0 Å². The molecule has 0 spiro atoms. The summed E-state index contributed by atoms with van der Waals surface area (Å²) < 4.78 is 0. The molecular weight excluding hydrogens is 256 g/mol. The molecule has 5 nitrogen and oxygen atoms in total. The first-order chi connectivity index (χ1) is 8.31. The lowest BCUT2D eigenvalue weighted by molar-refractivity contribution is -0.145. The summed E-state index contributed by atoms with van der Waals surface area (Å²) >= 11 is 5.68. The molecule has 6 heteroatoms. The monoisotopic (exact) mass is 268 g/mol. The van der Waals surface area contributed by atoms with Crippen molar-refractivity contribution < 1.29 is 14.7 Å². The summed E-state index contributed by atoms with van der Waals surface area (Å²) in [5, 5.41) is 11.5. The van der Waals surface area contributed by atoms with Gasteiger partial charge in [-0.15, -0.1) is 0 Å². The van der Waals surface area contributed by atoms with E-state index in [2.05, 4.69) is 10.3 Å². The Kier molecular flexibility index (Phi) is 4.44. The number of pyridine rings is 1. The van der Waals surface area contributed by atoms with E-state index in [-0.39, 0.29) is 0 Å². The summed E-state index contributed by atoms with van der Waals surface area (Å²) in [7, 11) is 0. The average Bonchev–Trinajstić information content (AvgIpc) is 2.25. The molecule has 0 aromatic carbocycles. The lowest BCUT2D eigenvalue weighted by Crippen LogP contribution is -2.49. The van der Waals surface area contributed by atoms with Crippen molar-refractivity contribution in [1.29, 1.82) is 0 Å². The van der Waals surface area contributed by atoms with Gasteiger partial charge in [0.15, 0.2) is 0 Å². The highest BCUT2D eigenvalue weighted by atomic mass is 35.5. The van der Waals surface area contributed by atoms with E-state index >= 15 is 0 Å². The lowest BCUT2D eigenvalue weighted by Gasteiger charge is -2.19. The zero-order valence-electron chi connectivity index (χ0n) is 9.98. The van der Waals surface area contributed by atoms with Gasteiger partial charge in [0.1, 0.15) is 10.7 Å². The van der Waals surface area contributed by atoms with Crippen LogP contribution < -0.4 is 5.32 Å². The molecule has 0 saturated heterocycles. The van der Waals surface area contributed by atoms with Gasteiger partial charge in [-0.2, -0.15) is 0 Å². The molecule has 0 aliphatic rings. The fourth-order valence-electron chi connectivity index (χ4n) is 1.08. The number of rotatable bonds is 4. The highest BCUT2D eigenvalue weighted by molar-refractivity contribution is 6.29. The van der Waals surface area contributed by atoms with E-state index in [0.29, 0.717) is 10.8 Å². The van der Waals surface area contributed by atoms with Crippen LogP contribution in [0.4, 0.5) is 0 Å². The third kappa shape index (κ3) is 4.18. The number of carbonyl (C=O) groups excluding carboxylic acids is 1. The summed E-state index contributed by atoms with van der Waals surface area (Å²) in [5.74, 6) is -1.62. The second-order valence-electron chi connectivity index (χ2n) is 4.14. The molecule has 1 aromatic rings. The van der Waals surface area contributed by atoms with Crippen molar-refractivity contribution in [3.63, 3.8) is 0 Å². The Morgan fingerprint density at radius 1 is 1.44 bits per heavy atom. The number of hydrogen-bond acceptors (Lipinski definition) is 3. The molecule has 0 atom stereocenters. The highest BCUT2D eigenvalue weighted by Crippen LogP contribution is 2.07. The Morgan fingerprint density at radius 3 is 2.67 bits per heavy atom. The number of nitrogens with zero attached hydrogens (tertiary/aromatic N) is 1. The average molecular weight is 269 g/mol. The smallest absolute Gasteiger partial charge is 0.328 e. The van der Waals surface area contributed by atoms with Crippen molar-refractivity contribution in [3.05, 3.63) is 35.1 Å². The van der Waals surface area contributed by atoms with Gasteiger partial charge in [0.25, 0.3) is 0 Å². The van der Waals surface area contributed by atoms with Crippen LogP contribution in [0.25, 0.3) is 6.08 Å². The minimum absolute atomic E-state index is 0.323. The maximum Gasteiger partial charge on any atom is 0.328 e. The van der Waals surface area contributed by atoms with Gasteiger partial charge >= 0.3 is 5.97 Å². The quantitative estimate of drug-likeness (QED) is 0.644. The number of carboxylic acids is 1. The number of aromatic nitrogens is 1. The van der Waals surface area contributed by atoms with E-state index in [9.17, 15) is 9.59 Å².